The van der Waals surface area contributed by atoms with Crippen LogP contribution in [0, 0.1) is 0 Å². The Kier molecular flexibility index (Phi) is 4.19. The first kappa shape index (κ1) is 18.9. The molecule has 1 nitrogen and oxygen atoms in total. The highest BCUT2D eigenvalue weighted by Crippen LogP contribution is 2.51. The van der Waals surface area contributed by atoms with Gasteiger partial charge in [-0.25, -0.2) is 0 Å². The van der Waals surface area contributed by atoms with Crippen molar-refractivity contribution in [3.05, 3.63) is 120 Å². The Bertz CT molecular complexity index is 1480. The standard InChI is InChI=1S/C31H25N/c1-31(2)27-14-6-5-13-26(27)30-28(31)15-8-16-29(30)32-25-12-7-11-23(20-25)24-18-17-21-9-3-4-10-22(21)19-24/h3-20,32H,1-2H3. The number of rotatable bonds is 3. The van der Waals surface area contributed by atoms with Crippen LogP contribution in [0.2, 0.25) is 0 Å². The van der Waals surface area contributed by atoms with Crippen LogP contribution in [-0.2, 0) is 5.41 Å². The number of hydrogen-bond donors (Lipinski definition) is 1. The van der Waals surface area contributed by atoms with Crippen molar-refractivity contribution in [3.63, 3.8) is 0 Å². The fraction of sp³-hybridized carbons (Fsp3) is 0.0968. The van der Waals surface area contributed by atoms with Crippen molar-refractivity contribution in [2.75, 3.05) is 5.32 Å². The van der Waals surface area contributed by atoms with Gasteiger partial charge in [-0.1, -0.05) is 98.8 Å². The number of nitrogens with one attached hydrogen (secondary N) is 1. The molecule has 0 fully saturated rings. The van der Waals surface area contributed by atoms with Crippen molar-refractivity contribution in [1.82, 2.24) is 0 Å². The molecule has 0 amide bonds. The second kappa shape index (κ2) is 7.10. The molecule has 1 aliphatic carbocycles. The summed E-state index contributed by atoms with van der Waals surface area (Å²) in [6, 6.07) is 39.3. The Labute approximate surface area is 189 Å². The first-order valence-corrected chi connectivity index (χ1v) is 11.2. The predicted octanol–water partition coefficient (Wildman–Crippen LogP) is 8.56. The van der Waals surface area contributed by atoms with Crippen molar-refractivity contribution < 1.29 is 0 Å². The topological polar surface area (TPSA) is 12.0 Å². The summed E-state index contributed by atoms with van der Waals surface area (Å²) in [6.45, 7) is 4.64. The van der Waals surface area contributed by atoms with Gasteiger partial charge in [-0.15, -0.1) is 0 Å². The predicted molar refractivity (Wildman–Crippen MR) is 137 cm³/mol. The molecule has 0 radical (unpaired) electrons. The first-order chi connectivity index (χ1) is 15.6. The summed E-state index contributed by atoms with van der Waals surface area (Å²) in [5, 5.41) is 6.27. The lowest BCUT2D eigenvalue weighted by molar-refractivity contribution is 0.660. The van der Waals surface area contributed by atoms with Crippen LogP contribution in [-0.4, -0.2) is 0 Å². The van der Waals surface area contributed by atoms with Gasteiger partial charge < -0.3 is 5.32 Å². The Morgan fingerprint density at radius 3 is 2.19 bits per heavy atom. The summed E-state index contributed by atoms with van der Waals surface area (Å²) in [5.41, 5.74) is 10.2. The van der Waals surface area contributed by atoms with Crippen LogP contribution < -0.4 is 5.32 Å². The van der Waals surface area contributed by atoms with Crippen LogP contribution >= 0.6 is 0 Å². The molecule has 1 N–H and O–H groups in total. The van der Waals surface area contributed by atoms with E-state index in [1.54, 1.807) is 0 Å². The van der Waals surface area contributed by atoms with Crippen LogP contribution in [0.1, 0.15) is 25.0 Å². The highest BCUT2D eigenvalue weighted by Gasteiger charge is 2.36. The van der Waals surface area contributed by atoms with Crippen LogP contribution in [0.25, 0.3) is 33.0 Å². The van der Waals surface area contributed by atoms with Crippen LogP contribution in [0.15, 0.2) is 109 Å². The van der Waals surface area contributed by atoms with Crippen LogP contribution in [0.5, 0.6) is 0 Å². The van der Waals surface area contributed by atoms with Gasteiger partial charge in [0.15, 0.2) is 0 Å². The lowest BCUT2D eigenvalue weighted by Gasteiger charge is -2.21. The van der Waals surface area contributed by atoms with Gasteiger partial charge in [0.25, 0.3) is 0 Å². The van der Waals surface area contributed by atoms with Crippen molar-refractivity contribution >= 4 is 22.1 Å². The minimum absolute atomic E-state index is 0.0105. The highest BCUT2D eigenvalue weighted by molar-refractivity contribution is 5.92. The maximum Gasteiger partial charge on any atom is 0.0467 e. The summed E-state index contributed by atoms with van der Waals surface area (Å²) in [5.74, 6) is 0. The van der Waals surface area contributed by atoms with Crippen LogP contribution in [0.4, 0.5) is 11.4 Å². The number of fused-ring (bicyclic) bond motifs is 4. The Morgan fingerprint density at radius 1 is 0.562 bits per heavy atom. The third kappa shape index (κ3) is 2.93. The second-order valence-corrected chi connectivity index (χ2v) is 9.17. The molecule has 0 aromatic heterocycles. The lowest BCUT2D eigenvalue weighted by atomic mass is 9.82. The molecule has 0 heterocycles. The maximum absolute atomic E-state index is 3.73. The third-order valence-electron chi connectivity index (χ3n) is 6.83. The van der Waals surface area contributed by atoms with E-state index in [0.29, 0.717) is 0 Å². The van der Waals surface area contributed by atoms with E-state index in [9.17, 15) is 0 Å². The number of hydrogen-bond acceptors (Lipinski definition) is 1. The van der Waals surface area contributed by atoms with Gasteiger partial charge in [0.1, 0.15) is 0 Å². The summed E-state index contributed by atoms with van der Waals surface area (Å²) in [4.78, 5) is 0. The van der Waals surface area contributed by atoms with Gasteiger partial charge in [0.2, 0.25) is 0 Å². The Hall–Kier alpha value is -3.84. The van der Waals surface area contributed by atoms with E-state index < -0.39 is 0 Å². The van der Waals surface area contributed by atoms with Gasteiger partial charge >= 0.3 is 0 Å². The number of anilines is 2. The number of benzene rings is 5. The lowest BCUT2D eigenvalue weighted by Crippen LogP contribution is -2.14. The van der Waals surface area contributed by atoms with E-state index in [2.05, 4.69) is 128 Å². The third-order valence-corrected chi connectivity index (χ3v) is 6.83. The molecule has 32 heavy (non-hydrogen) atoms. The van der Waals surface area contributed by atoms with E-state index in [0.717, 1.165) is 11.4 Å². The molecule has 0 bridgehead atoms. The van der Waals surface area contributed by atoms with E-state index in [1.807, 2.05) is 0 Å². The normalized spacial score (nSPS) is 13.6. The molecule has 5 aromatic carbocycles. The molecular formula is C31H25N. The SMILES string of the molecule is CC1(C)c2ccccc2-c2c(Nc3cccc(-c4ccc5ccccc5c4)c3)cccc21. The van der Waals surface area contributed by atoms with E-state index in [1.165, 1.54) is 44.2 Å². The van der Waals surface area contributed by atoms with E-state index in [4.69, 9.17) is 0 Å². The van der Waals surface area contributed by atoms with Crippen molar-refractivity contribution in [2.24, 2.45) is 0 Å². The summed E-state index contributed by atoms with van der Waals surface area (Å²) >= 11 is 0. The molecule has 0 spiro atoms. The maximum atomic E-state index is 3.73. The second-order valence-electron chi connectivity index (χ2n) is 9.17. The largest absolute Gasteiger partial charge is 0.355 e. The van der Waals surface area contributed by atoms with E-state index in [-0.39, 0.29) is 5.41 Å². The van der Waals surface area contributed by atoms with Gasteiger partial charge in [0.05, 0.1) is 0 Å². The fourth-order valence-electron chi connectivity index (χ4n) is 5.16. The van der Waals surface area contributed by atoms with E-state index >= 15 is 0 Å². The molecule has 154 valence electrons. The minimum atomic E-state index is 0.0105. The molecule has 1 aliphatic rings. The van der Waals surface area contributed by atoms with Gasteiger partial charge in [0, 0.05) is 22.4 Å². The minimum Gasteiger partial charge on any atom is -0.355 e. The summed E-state index contributed by atoms with van der Waals surface area (Å²) in [7, 11) is 0. The van der Waals surface area contributed by atoms with Gasteiger partial charge in [-0.2, -0.15) is 0 Å². The monoisotopic (exact) mass is 411 g/mol. The zero-order valence-corrected chi connectivity index (χ0v) is 18.4. The van der Waals surface area contributed by atoms with Gasteiger partial charge in [-0.3, -0.25) is 0 Å². The van der Waals surface area contributed by atoms with Gasteiger partial charge in [-0.05, 0) is 62.9 Å². The molecule has 0 saturated heterocycles. The molecule has 0 atom stereocenters. The molecule has 6 rings (SSSR count). The smallest absolute Gasteiger partial charge is 0.0467 e. The Balaban J connectivity index is 1.41. The van der Waals surface area contributed by atoms with Crippen molar-refractivity contribution in [2.45, 2.75) is 19.3 Å². The van der Waals surface area contributed by atoms with Crippen molar-refractivity contribution in [3.8, 4) is 22.3 Å². The molecule has 0 unspecified atom stereocenters. The molecule has 5 aromatic rings. The van der Waals surface area contributed by atoms with Crippen molar-refractivity contribution in [1.29, 1.82) is 0 Å². The fourth-order valence-corrected chi connectivity index (χ4v) is 5.16. The summed E-state index contributed by atoms with van der Waals surface area (Å²) < 4.78 is 0. The molecular weight excluding hydrogens is 386 g/mol. The molecule has 0 aliphatic heterocycles. The molecule has 1 heteroatoms. The Morgan fingerprint density at radius 2 is 1.28 bits per heavy atom. The quantitative estimate of drug-likeness (QED) is 0.313. The zero-order valence-electron chi connectivity index (χ0n) is 18.4. The average Bonchev–Trinajstić information content (AvgIpc) is 3.07. The highest BCUT2D eigenvalue weighted by atomic mass is 14.9. The first-order valence-electron chi connectivity index (χ1n) is 11.2. The molecule has 0 saturated carbocycles. The van der Waals surface area contributed by atoms with Crippen LogP contribution in [0.3, 0.4) is 0 Å². The zero-order chi connectivity index (χ0) is 21.7. The summed E-state index contributed by atoms with van der Waals surface area (Å²) in [6.07, 6.45) is 0. The average molecular weight is 412 g/mol.